The topological polar surface area (TPSA) is 29.3 Å². The molecule has 0 unspecified atom stereocenters. The number of benzene rings is 1. The van der Waals surface area contributed by atoms with Gasteiger partial charge >= 0.3 is 0 Å². The summed E-state index contributed by atoms with van der Waals surface area (Å²) < 4.78 is 1.05. The second-order valence-corrected chi connectivity index (χ2v) is 5.81. The van der Waals surface area contributed by atoms with Crippen molar-refractivity contribution < 1.29 is 0 Å². The van der Waals surface area contributed by atoms with Gasteiger partial charge in [-0.15, -0.1) is 0 Å². The molecule has 16 heavy (non-hydrogen) atoms. The fraction of sp³-hybridized carbons (Fsp3) is 0.538. The summed E-state index contributed by atoms with van der Waals surface area (Å²) in [5, 5.41) is 0. The lowest BCUT2D eigenvalue weighted by atomic mass is 10.2. The Kier molecular flexibility index (Phi) is 3.43. The molecule has 1 aliphatic rings. The molecule has 0 radical (unpaired) electrons. The molecule has 2 N–H and O–H groups in total. The summed E-state index contributed by atoms with van der Waals surface area (Å²) in [4.78, 5) is 2.42. The molecule has 2 rings (SSSR count). The maximum Gasteiger partial charge on any atom is 0.0603 e. The number of nitrogens with zero attached hydrogens (tertiary/aromatic N) is 1. The summed E-state index contributed by atoms with van der Waals surface area (Å²) in [6.07, 6.45) is 2.75. The average molecular weight is 283 g/mol. The molecule has 88 valence electrons. The molecule has 1 aromatic rings. The second kappa shape index (κ2) is 4.66. The van der Waals surface area contributed by atoms with Crippen LogP contribution in [-0.2, 0) is 0 Å². The molecule has 0 atom stereocenters. The molecule has 0 saturated heterocycles. The largest absolute Gasteiger partial charge is 0.397 e. The fourth-order valence-corrected chi connectivity index (χ4v) is 2.33. The van der Waals surface area contributed by atoms with Crippen molar-refractivity contribution in [3.8, 4) is 0 Å². The molecule has 0 spiro atoms. The van der Waals surface area contributed by atoms with Crippen molar-refractivity contribution in [2.75, 3.05) is 17.2 Å². The van der Waals surface area contributed by atoms with Crippen LogP contribution in [-0.4, -0.2) is 12.6 Å². The zero-order valence-corrected chi connectivity index (χ0v) is 11.5. The van der Waals surface area contributed by atoms with Crippen molar-refractivity contribution in [2.45, 2.75) is 32.7 Å². The van der Waals surface area contributed by atoms with E-state index in [9.17, 15) is 0 Å². The van der Waals surface area contributed by atoms with E-state index in [2.05, 4.69) is 46.8 Å². The highest BCUT2D eigenvalue weighted by Crippen LogP contribution is 2.35. The van der Waals surface area contributed by atoms with Crippen LogP contribution >= 0.6 is 15.9 Å². The van der Waals surface area contributed by atoms with Crippen LogP contribution in [0.2, 0.25) is 0 Å². The Hall–Kier alpha value is -0.700. The quantitative estimate of drug-likeness (QED) is 0.854. The van der Waals surface area contributed by atoms with Crippen molar-refractivity contribution in [2.24, 2.45) is 5.92 Å². The lowest BCUT2D eigenvalue weighted by Gasteiger charge is -2.30. The predicted octanol–water partition coefficient (Wildman–Crippen LogP) is 3.66. The number of rotatable bonds is 4. The van der Waals surface area contributed by atoms with Crippen molar-refractivity contribution >= 4 is 27.3 Å². The minimum Gasteiger partial charge on any atom is -0.397 e. The zero-order valence-electron chi connectivity index (χ0n) is 9.91. The van der Waals surface area contributed by atoms with Crippen LogP contribution in [0.15, 0.2) is 22.7 Å². The summed E-state index contributed by atoms with van der Waals surface area (Å²) in [6.45, 7) is 5.59. The van der Waals surface area contributed by atoms with Gasteiger partial charge < -0.3 is 10.6 Å². The van der Waals surface area contributed by atoms with E-state index in [4.69, 9.17) is 5.73 Å². The van der Waals surface area contributed by atoms with E-state index in [0.29, 0.717) is 6.04 Å². The van der Waals surface area contributed by atoms with Crippen molar-refractivity contribution in [3.05, 3.63) is 22.7 Å². The third kappa shape index (κ3) is 2.70. The highest BCUT2D eigenvalue weighted by molar-refractivity contribution is 9.10. The van der Waals surface area contributed by atoms with Gasteiger partial charge in [-0.3, -0.25) is 0 Å². The molecule has 0 bridgehead atoms. The van der Waals surface area contributed by atoms with Gasteiger partial charge in [0.2, 0.25) is 0 Å². The molecule has 2 nitrogen and oxygen atoms in total. The Balaban J connectivity index is 2.22. The molecule has 1 aliphatic carbocycles. The van der Waals surface area contributed by atoms with Gasteiger partial charge in [0.15, 0.2) is 0 Å². The van der Waals surface area contributed by atoms with E-state index in [1.165, 1.54) is 18.5 Å². The third-order valence-corrected chi connectivity index (χ3v) is 3.57. The summed E-state index contributed by atoms with van der Waals surface area (Å²) in [5.41, 5.74) is 8.12. The Labute approximate surface area is 106 Å². The molecule has 0 amide bonds. The SMILES string of the molecule is CC(C)N(CC1CC1)c1ccc(Br)cc1N. The van der Waals surface area contributed by atoms with Gasteiger partial charge in [-0.25, -0.2) is 0 Å². The predicted molar refractivity (Wildman–Crippen MR) is 73.8 cm³/mol. The van der Waals surface area contributed by atoms with Gasteiger partial charge in [-0.1, -0.05) is 15.9 Å². The molecule has 0 aliphatic heterocycles. The number of nitrogen functional groups attached to an aromatic ring is 1. The van der Waals surface area contributed by atoms with Crippen LogP contribution in [0.5, 0.6) is 0 Å². The Bertz CT molecular complexity index is 372. The van der Waals surface area contributed by atoms with Gasteiger partial charge in [0.05, 0.1) is 11.4 Å². The molecule has 0 aromatic heterocycles. The molecular formula is C13H19BrN2. The maximum absolute atomic E-state index is 6.08. The Morgan fingerprint density at radius 3 is 2.62 bits per heavy atom. The van der Waals surface area contributed by atoms with Crippen LogP contribution in [0, 0.1) is 5.92 Å². The monoisotopic (exact) mass is 282 g/mol. The molecule has 0 heterocycles. The minimum absolute atomic E-state index is 0.504. The van der Waals surface area contributed by atoms with Gasteiger partial charge in [-0.2, -0.15) is 0 Å². The molecule has 3 heteroatoms. The lowest BCUT2D eigenvalue weighted by Crippen LogP contribution is -2.33. The first-order valence-corrected chi connectivity index (χ1v) is 6.69. The number of anilines is 2. The highest BCUT2D eigenvalue weighted by atomic mass is 79.9. The fourth-order valence-electron chi connectivity index (χ4n) is 1.95. The molecule has 1 aromatic carbocycles. The van der Waals surface area contributed by atoms with E-state index < -0.39 is 0 Å². The first-order valence-electron chi connectivity index (χ1n) is 5.89. The lowest BCUT2D eigenvalue weighted by molar-refractivity contribution is 0.645. The van der Waals surface area contributed by atoms with Crippen LogP contribution in [0.25, 0.3) is 0 Å². The number of hydrogen-bond donors (Lipinski definition) is 1. The Morgan fingerprint density at radius 2 is 2.12 bits per heavy atom. The molecule has 1 saturated carbocycles. The summed E-state index contributed by atoms with van der Waals surface area (Å²) in [7, 11) is 0. The summed E-state index contributed by atoms with van der Waals surface area (Å²) in [5.74, 6) is 0.880. The number of halogens is 1. The van der Waals surface area contributed by atoms with Crippen molar-refractivity contribution in [1.29, 1.82) is 0 Å². The van der Waals surface area contributed by atoms with Crippen molar-refractivity contribution in [3.63, 3.8) is 0 Å². The summed E-state index contributed by atoms with van der Waals surface area (Å²) in [6, 6.07) is 6.66. The second-order valence-electron chi connectivity index (χ2n) is 4.89. The van der Waals surface area contributed by atoms with Crippen LogP contribution in [0.4, 0.5) is 11.4 Å². The van der Waals surface area contributed by atoms with Crippen molar-refractivity contribution in [1.82, 2.24) is 0 Å². The maximum atomic E-state index is 6.08. The zero-order chi connectivity index (χ0) is 11.7. The third-order valence-electron chi connectivity index (χ3n) is 3.07. The standard InChI is InChI=1S/C13H19BrN2/c1-9(2)16(8-10-3-4-10)13-6-5-11(14)7-12(13)15/h5-7,9-10H,3-4,8,15H2,1-2H3. The Morgan fingerprint density at radius 1 is 1.44 bits per heavy atom. The first kappa shape index (κ1) is 11.8. The first-order chi connectivity index (χ1) is 7.58. The van der Waals surface area contributed by atoms with Gasteiger partial charge in [0, 0.05) is 17.1 Å². The van der Waals surface area contributed by atoms with E-state index in [-0.39, 0.29) is 0 Å². The van der Waals surface area contributed by atoms with E-state index in [1.807, 2.05) is 6.07 Å². The van der Waals surface area contributed by atoms with E-state index >= 15 is 0 Å². The number of nitrogens with two attached hydrogens (primary N) is 1. The summed E-state index contributed by atoms with van der Waals surface area (Å²) >= 11 is 3.45. The minimum atomic E-state index is 0.504. The molecular weight excluding hydrogens is 264 g/mol. The smallest absolute Gasteiger partial charge is 0.0603 e. The van der Waals surface area contributed by atoms with E-state index in [0.717, 1.165) is 22.6 Å². The van der Waals surface area contributed by atoms with Crippen LogP contribution < -0.4 is 10.6 Å². The van der Waals surface area contributed by atoms with Crippen LogP contribution in [0.1, 0.15) is 26.7 Å². The number of hydrogen-bond acceptors (Lipinski definition) is 2. The van der Waals surface area contributed by atoms with E-state index in [1.54, 1.807) is 0 Å². The van der Waals surface area contributed by atoms with Crippen LogP contribution in [0.3, 0.4) is 0 Å². The van der Waals surface area contributed by atoms with Gasteiger partial charge in [-0.05, 0) is 50.8 Å². The molecule has 1 fully saturated rings. The normalized spacial score (nSPS) is 15.5. The average Bonchev–Trinajstić information content (AvgIpc) is 2.98. The van der Waals surface area contributed by atoms with Gasteiger partial charge in [0.25, 0.3) is 0 Å². The van der Waals surface area contributed by atoms with Gasteiger partial charge in [0.1, 0.15) is 0 Å². The highest BCUT2D eigenvalue weighted by Gasteiger charge is 2.26.